The van der Waals surface area contributed by atoms with Crippen LogP contribution in [0, 0.1) is 5.92 Å². The molecule has 0 aliphatic rings. The topological polar surface area (TPSA) is 90.0 Å². The SMILES string of the molecule is CC(C)CC(CN)NC(=O)Cc1nn(C)c(=O)c2ccccc12. The summed E-state index contributed by atoms with van der Waals surface area (Å²) < 4.78 is 1.28. The van der Waals surface area contributed by atoms with Gasteiger partial charge in [0.2, 0.25) is 5.91 Å². The predicted octanol–water partition coefficient (Wildman–Crippen LogP) is 0.966. The van der Waals surface area contributed by atoms with E-state index in [1.165, 1.54) is 4.68 Å². The van der Waals surface area contributed by atoms with Crippen LogP contribution in [-0.4, -0.2) is 28.3 Å². The van der Waals surface area contributed by atoms with E-state index in [1.54, 1.807) is 19.2 Å². The van der Waals surface area contributed by atoms with Gasteiger partial charge in [0.15, 0.2) is 0 Å². The Kier molecular flexibility index (Phi) is 5.50. The van der Waals surface area contributed by atoms with Crippen molar-refractivity contribution in [3.8, 4) is 0 Å². The molecule has 0 aliphatic heterocycles. The molecule has 1 aromatic heterocycles. The number of hydrogen-bond acceptors (Lipinski definition) is 4. The quantitative estimate of drug-likeness (QED) is 0.831. The number of carbonyl (C=O) groups excluding carboxylic acids is 1. The molecule has 1 unspecified atom stereocenters. The molecule has 0 saturated carbocycles. The molecule has 0 aliphatic carbocycles. The normalized spacial score (nSPS) is 12.6. The zero-order chi connectivity index (χ0) is 17.0. The highest BCUT2D eigenvalue weighted by Crippen LogP contribution is 2.13. The van der Waals surface area contributed by atoms with E-state index in [2.05, 4.69) is 24.3 Å². The lowest BCUT2D eigenvalue weighted by Gasteiger charge is -2.19. The Morgan fingerprint density at radius 3 is 2.57 bits per heavy atom. The molecule has 0 radical (unpaired) electrons. The van der Waals surface area contributed by atoms with Crippen LogP contribution in [0.15, 0.2) is 29.1 Å². The van der Waals surface area contributed by atoms with Crippen LogP contribution in [-0.2, 0) is 18.3 Å². The van der Waals surface area contributed by atoms with Crippen molar-refractivity contribution in [3.63, 3.8) is 0 Å². The van der Waals surface area contributed by atoms with Crippen LogP contribution < -0.4 is 16.6 Å². The molecule has 1 atom stereocenters. The minimum absolute atomic E-state index is 0.0405. The molecular formula is C17H24N4O2. The van der Waals surface area contributed by atoms with Gasteiger partial charge in [-0.25, -0.2) is 4.68 Å². The molecule has 0 saturated heterocycles. The van der Waals surface area contributed by atoms with Gasteiger partial charge in [0.05, 0.1) is 17.5 Å². The number of benzene rings is 1. The molecule has 0 fully saturated rings. The van der Waals surface area contributed by atoms with Crippen molar-refractivity contribution in [1.29, 1.82) is 0 Å². The van der Waals surface area contributed by atoms with Crippen LogP contribution in [0.5, 0.6) is 0 Å². The minimum atomic E-state index is -0.163. The highest BCUT2D eigenvalue weighted by Gasteiger charge is 2.16. The van der Waals surface area contributed by atoms with E-state index in [1.807, 2.05) is 12.1 Å². The fraction of sp³-hybridized carbons (Fsp3) is 0.471. The molecule has 6 nitrogen and oxygen atoms in total. The summed E-state index contributed by atoms with van der Waals surface area (Å²) in [5.74, 6) is 0.331. The Hall–Kier alpha value is -2.21. The average molecular weight is 316 g/mol. The largest absolute Gasteiger partial charge is 0.352 e. The van der Waals surface area contributed by atoms with Crippen molar-refractivity contribution in [2.45, 2.75) is 32.7 Å². The van der Waals surface area contributed by atoms with Gasteiger partial charge in [-0.15, -0.1) is 0 Å². The van der Waals surface area contributed by atoms with Gasteiger partial charge in [-0.2, -0.15) is 5.10 Å². The third kappa shape index (κ3) is 4.16. The van der Waals surface area contributed by atoms with Crippen molar-refractivity contribution in [2.24, 2.45) is 18.7 Å². The first-order valence-electron chi connectivity index (χ1n) is 7.86. The molecular weight excluding hydrogens is 292 g/mol. The number of nitrogens with zero attached hydrogens (tertiary/aromatic N) is 2. The summed E-state index contributed by atoms with van der Waals surface area (Å²) in [5, 5.41) is 8.50. The van der Waals surface area contributed by atoms with Gasteiger partial charge >= 0.3 is 0 Å². The molecule has 23 heavy (non-hydrogen) atoms. The van der Waals surface area contributed by atoms with Gasteiger partial charge in [0.25, 0.3) is 5.56 Å². The average Bonchev–Trinajstić information content (AvgIpc) is 2.51. The van der Waals surface area contributed by atoms with Crippen LogP contribution >= 0.6 is 0 Å². The molecule has 0 bridgehead atoms. The van der Waals surface area contributed by atoms with Crippen LogP contribution in [0.4, 0.5) is 0 Å². The van der Waals surface area contributed by atoms with Crippen LogP contribution in [0.3, 0.4) is 0 Å². The van der Waals surface area contributed by atoms with Gasteiger partial charge in [-0.05, 0) is 18.4 Å². The van der Waals surface area contributed by atoms with Crippen LogP contribution in [0.1, 0.15) is 26.0 Å². The summed E-state index contributed by atoms with van der Waals surface area (Å²) in [6.45, 7) is 4.60. The third-order valence-electron chi connectivity index (χ3n) is 3.77. The van der Waals surface area contributed by atoms with E-state index in [0.717, 1.165) is 11.8 Å². The summed E-state index contributed by atoms with van der Waals surface area (Å²) in [5.41, 5.74) is 6.16. The van der Waals surface area contributed by atoms with Crippen molar-refractivity contribution >= 4 is 16.7 Å². The molecule has 1 heterocycles. The Balaban J connectivity index is 2.23. The molecule has 6 heteroatoms. The maximum atomic E-state index is 12.3. The number of nitrogens with one attached hydrogen (secondary N) is 1. The van der Waals surface area contributed by atoms with E-state index >= 15 is 0 Å². The van der Waals surface area contributed by atoms with Crippen molar-refractivity contribution in [3.05, 3.63) is 40.3 Å². The fourth-order valence-electron chi connectivity index (χ4n) is 2.72. The summed E-state index contributed by atoms with van der Waals surface area (Å²) in [6, 6.07) is 7.18. The fourth-order valence-corrected chi connectivity index (χ4v) is 2.72. The monoisotopic (exact) mass is 316 g/mol. The number of aryl methyl sites for hydroxylation is 1. The molecule has 3 N–H and O–H groups in total. The number of hydrogen-bond donors (Lipinski definition) is 2. The predicted molar refractivity (Wildman–Crippen MR) is 91.1 cm³/mol. The highest BCUT2D eigenvalue weighted by atomic mass is 16.1. The van der Waals surface area contributed by atoms with Gasteiger partial charge in [0.1, 0.15) is 0 Å². The first-order chi connectivity index (χ1) is 10.9. The number of amides is 1. The van der Waals surface area contributed by atoms with Crippen molar-refractivity contribution in [1.82, 2.24) is 15.1 Å². The van der Waals surface area contributed by atoms with Gasteiger partial charge in [-0.1, -0.05) is 32.0 Å². The van der Waals surface area contributed by atoms with Crippen LogP contribution in [0.25, 0.3) is 10.8 Å². The molecule has 2 aromatic rings. The number of rotatable bonds is 6. The minimum Gasteiger partial charge on any atom is -0.352 e. The number of aromatic nitrogens is 2. The summed E-state index contributed by atoms with van der Waals surface area (Å²) in [7, 11) is 1.59. The summed E-state index contributed by atoms with van der Waals surface area (Å²) in [4.78, 5) is 24.4. The zero-order valence-corrected chi connectivity index (χ0v) is 13.9. The van der Waals surface area contributed by atoms with Crippen molar-refractivity contribution < 1.29 is 4.79 Å². The second-order valence-corrected chi connectivity index (χ2v) is 6.23. The molecule has 2 rings (SSSR count). The van der Waals surface area contributed by atoms with E-state index < -0.39 is 0 Å². The summed E-state index contributed by atoms with van der Waals surface area (Å²) in [6.07, 6.45) is 0.965. The number of nitrogens with two attached hydrogens (primary N) is 1. The third-order valence-corrected chi connectivity index (χ3v) is 3.77. The smallest absolute Gasteiger partial charge is 0.274 e. The first kappa shape index (κ1) is 17.1. The first-order valence-corrected chi connectivity index (χ1v) is 7.86. The number of fused-ring (bicyclic) bond motifs is 1. The van der Waals surface area contributed by atoms with E-state index in [-0.39, 0.29) is 23.9 Å². The van der Waals surface area contributed by atoms with E-state index in [0.29, 0.717) is 23.5 Å². The summed E-state index contributed by atoms with van der Waals surface area (Å²) >= 11 is 0. The lowest BCUT2D eigenvalue weighted by atomic mass is 10.0. The van der Waals surface area contributed by atoms with Gasteiger partial charge in [0, 0.05) is 25.0 Å². The van der Waals surface area contributed by atoms with Crippen molar-refractivity contribution in [2.75, 3.05) is 6.54 Å². The molecule has 1 aromatic carbocycles. The lowest BCUT2D eigenvalue weighted by Crippen LogP contribution is -2.42. The number of carbonyl (C=O) groups is 1. The Morgan fingerprint density at radius 1 is 1.30 bits per heavy atom. The van der Waals surface area contributed by atoms with Gasteiger partial charge < -0.3 is 11.1 Å². The lowest BCUT2D eigenvalue weighted by molar-refractivity contribution is -0.121. The maximum absolute atomic E-state index is 12.3. The maximum Gasteiger partial charge on any atom is 0.274 e. The zero-order valence-electron chi connectivity index (χ0n) is 13.9. The van der Waals surface area contributed by atoms with Crippen LogP contribution in [0.2, 0.25) is 0 Å². The second kappa shape index (κ2) is 7.37. The molecule has 1 amide bonds. The molecule has 0 spiro atoms. The Morgan fingerprint density at radius 2 is 1.96 bits per heavy atom. The van der Waals surface area contributed by atoms with Gasteiger partial charge in [-0.3, -0.25) is 9.59 Å². The van der Waals surface area contributed by atoms with E-state index in [4.69, 9.17) is 5.73 Å². The second-order valence-electron chi connectivity index (χ2n) is 6.23. The van der Waals surface area contributed by atoms with E-state index in [9.17, 15) is 9.59 Å². The Bertz CT molecular complexity index is 752. The highest BCUT2D eigenvalue weighted by molar-refractivity contribution is 5.88. The standard InChI is InChI=1S/C17H24N4O2/c1-11(2)8-12(10-18)19-16(22)9-15-13-6-4-5-7-14(13)17(23)21(3)20-15/h4-7,11-12H,8-10,18H2,1-3H3,(H,19,22). The Labute approximate surface area is 135 Å². The molecule has 124 valence electrons.